The van der Waals surface area contributed by atoms with Gasteiger partial charge < -0.3 is 16.2 Å². The summed E-state index contributed by atoms with van der Waals surface area (Å²) in [6.45, 7) is 4.48. The van der Waals surface area contributed by atoms with Crippen molar-refractivity contribution in [3.63, 3.8) is 0 Å². The Morgan fingerprint density at radius 3 is 2.65 bits per heavy atom. The molecule has 0 saturated heterocycles. The third-order valence-corrected chi connectivity index (χ3v) is 2.80. The van der Waals surface area contributed by atoms with Gasteiger partial charge in [0.15, 0.2) is 0 Å². The highest BCUT2D eigenvalue weighted by molar-refractivity contribution is 6.37. The molecule has 0 aliphatic carbocycles. The number of nitrogens with two attached hydrogens (primary N) is 1. The molecular weight excluding hydrogens is 261 g/mol. The van der Waals surface area contributed by atoms with E-state index < -0.39 is 6.10 Å². The van der Waals surface area contributed by atoms with Crippen LogP contribution in [0.25, 0.3) is 0 Å². The topological polar surface area (TPSA) is 71.2 Å². The number of nitrogens with zero attached hydrogens (tertiary/aromatic N) is 1. The average Bonchev–Trinajstić information content (AvgIpc) is 2.20. The van der Waals surface area contributed by atoms with Crippen molar-refractivity contribution >= 4 is 34.8 Å². The van der Waals surface area contributed by atoms with E-state index in [9.17, 15) is 5.11 Å². The van der Waals surface area contributed by atoms with Crippen LogP contribution >= 0.6 is 23.2 Å². The largest absolute Gasteiger partial charge is 0.391 e. The van der Waals surface area contributed by atoms with Gasteiger partial charge in [0.05, 0.1) is 16.1 Å². The van der Waals surface area contributed by atoms with E-state index in [0.29, 0.717) is 34.7 Å². The lowest BCUT2D eigenvalue weighted by Gasteiger charge is -2.15. The van der Waals surface area contributed by atoms with Crippen molar-refractivity contribution in [3.8, 4) is 0 Å². The van der Waals surface area contributed by atoms with Crippen LogP contribution in [0.2, 0.25) is 10.0 Å². The smallest absolute Gasteiger partial charge is 0.147 e. The van der Waals surface area contributed by atoms with E-state index in [1.54, 1.807) is 0 Å². The molecule has 0 spiro atoms. The van der Waals surface area contributed by atoms with Crippen molar-refractivity contribution in [1.82, 2.24) is 4.98 Å². The van der Waals surface area contributed by atoms with E-state index in [4.69, 9.17) is 28.9 Å². The van der Waals surface area contributed by atoms with Gasteiger partial charge in [-0.2, -0.15) is 0 Å². The summed E-state index contributed by atoms with van der Waals surface area (Å²) < 4.78 is 0. The highest BCUT2D eigenvalue weighted by atomic mass is 35.5. The molecule has 0 bridgehead atoms. The van der Waals surface area contributed by atoms with E-state index in [1.165, 1.54) is 6.07 Å². The van der Waals surface area contributed by atoms with Crippen LogP contribution in [0.3, 0.4) is 0 Å². The molecule has 1 unspecified atom stereocenters. The standard InChI is InChI=1S/C11H17Cl2N3O/c1-6(2)3-7(17)5-15-11-9(13)4-8(12)10(14)16-11/h4,6-7,17H,3,5H2,1-2H3,(H3,14,15,16). The molecule has 0 fully saturated rings. The highest BCUT2D eigenvalue weighted by Crippen LogP contribution is 2.27. The number of hydrogen-bond donors (Lipinski definition) is 3. The van der Waals surface area contributed by atoms with Gasteiger partial charge in [0.1, 0.15) is 11.6 Å². The molecule has 0 saturated carbocycles. The Bertz CT molecular complexity index is 385. The normalized spacial score (nSPS) is 12.8. The summed E-state index contributed by atoms with van der Waals surface area (Å²) >= 11 is 11.7. The number of rotatable bonds is 5. The Kier molecular flexibility index (Phi) is 5.31. The van der Waals surface area contributed by atoms with Gasteiger partial charge in [0.2, 0.25) is 0 Å². The summed E-state index contributed by atoms with van der Waals surface area (Å²) in [4.78, 5) is 4.02. The van der Waals surface area contributed by atoms with Gasteiger partial charge in [-0.25, -0.2) is 4.98 Å². The summed E-state index contributed by atoms with van der Waals surface area (Å²) in [6.07, 6.45) is 0.276. The van der Waals surface area contributed by atoms with E-state index in [0.717, 1.165) is 0 Å². The zero-order valence-electron chi connectivity index (χ0n) is 9.87. The minimum Gasteiger partial charge on any atom is -0.391 e. The van der Waals surface area contributed by atoms with Crippen LogP contribution in [-0.2, 0) is 0 Å². The Labute approximate surface area is 111 Å². The first-order valence-corrected chi connectivity index (χ1v) is 6.19. The van der Waals surface area contributed by atoms with Crippen molar-refractivity contribution in [1.29, 1.82) is 0 Å². The Hall–Kier alpha value is -0.710. The molecule has 0 amide bonds. The van der Waals surface area contributed by atoms with E-state index >= 15 is 0 Å². The fourth-order valence-corrected chi connectivity index (χ4v) is 1.87. The number of hydrogen-bond acceptors (Lipinski definition) is 4. The lowest BCUT2D eigenvalue weighted by molar-refractivity contribution is 0.161. The van der Waals surface area contributed by atoms with E-state index in [1.807, 2.05) is 0 Å². The molecule has 0 aromatic carbocycles. The second-order valence-corrected chi connectivity index (χ2v) is 5.16. The average molecular weight is 278 g/mol. The molecule has 0 aliphatic rings. The maximum absolute atomic E-state index is 9.71. The van der Waals surface area contributed by atoms with E-state index in [-0.39, 0.29) is 5.82 Å². The second kappa shape index (κ2) is 6.28. The molecule has 1 rings (SSSR count). The molecule has 4 nitrogen and oxygen atoms in total. The summed E-state index contributed by atoms with van der Waals surface area (Å²) in [5.41, 5.74) is 5.57. The van der Waals surface area contributed by atoms with Crippen molar-refractivity contribution < 1.29 is 5.11 Å². The molecule has 1 atom stereocenters. The SMILES string of the molecule is CC(C)CC(O)CNc1nc(N)c(Cl)cc1Cl. The summed E-state index contributed by atoms with van der Waals surface area (Å²) in [6, 6.07) is 1.53. The number of anilines is 2. The zero-order valence-corrected chi connectivity index (χ0v) is 11.4. The molecular formula is C11H17Cl2N3O. The molecule has 96 valence electrons. The van der Waals surface area contributed by atoms with Crippen LogP contribution in [0.1, 0.15) is 20.3 Å². The van der Waals surface area contributed by atoms with Crippen LogP contribution in [0.4, 0.5) is 11.6 Å². The first-order chi connectivity index (χ1) is 7.90. The lowest BCUT2D eigenvalue weighted by Crippen LogP contribution is -2.22. The van der Waals surface area contributed by atoms with Gasteiger partial charge in [0.25, 0.3) is 0 Å². The molecule has 0 radical (unpaired) electrons. The predicted octanol–water partition coefficient (Wildman–Crippen LogP) is 2.79. The van der Waals surface area contributed by atoms with Gasteiger partial charge in [-0.15, -0.1) is 0 Å². The van der Waals surface area contributed by atoms with Gasteiger partial charge in [-0.3, -0.25) is 0 Å². The first-order valence-electron chi connectivity index (χ1n) is 5.43. The van der Waals surface area contributed by atoms with Crippen LogP contribution in [-0.4, -0.2) is 22.7 Å². The van der Waals surface area contributed by atoms with Crippen molar-refractivity contribution in [2.75, 3.05) is 17.6 Å². The minimum absolute atomic E-state index is 0.219. The molecule has 17 heavy (non-hydrogen) atoms. The van der Waals surface area contributed by atoms with Crippen molar-refractivity contribution in [3.05, 3.63) is 16.1 Å². The molecule has 4 N–H and O–H groups in total. The lowest BCUT2D eigenvalue weighted by atomic mass is 10.1. The van der Waals surface area contributed by atoms with Crippen LogP contribution in [0, 0.1) is 5.92 Å². The molecule has 1 heterocycles. The highest BCUT2D eigenvalue weighted by Gasteiger charge is 2.10. The number of pyridine rings is 1. The number of nitrogens with one attached hydrogen (secondary N) is 1. The fourth-order valence-electron chi connectivity index (χ4n) is 1.45. The fraction of sp³-hybridized carbons (Fsp3) is 0.545. The summed E-state index contributed by atoms with van der Waals surface area (Å²) in [7, 11) is 0. The van der Waals surface area contributed by atoms with Gasteiger partial charge in [-0.1, -0.05) is 37.0 Å². The number of nitrogen functional groups attached to an aromatic ring is 1. The maximum atomic E-state index is 9.71. The molecule has 0 aliphatic heterocycles. The summed E-state index contributed by atoms with van der Waals surface area (Å²) in [5, 5.41) is 13.4. The van der Waals surface area contributed by atoms with Crippen LogP contribution in [0.5, 0.6) is 0 Å². The van der Waals surface area contributed by atoms with Crippen LogP contribution in [0.15, 0.2) is 6.07 Å². The van der Waals surface area contributed by atoms with Gasteiger partial charge in [-0.05, 0) is 18.4 Å². The third-order valence-electron chi connectivity index (χ3n) is 2.21. The number of aromatic nitrogens is 1. The summed E-state index contributed by atoms with van der Waals surface area (Å²) in [5.74, 6) is 1.10. The maximum Gasteiger partial charge on any atom is 0.147 e. The number of aliphatic hydroxyl groups excluding tert-OH is 1. The van der Waals surface area contributed by atoms with Crippen molar-refractivity contribution in [2.24, 2.45) is 5.92 Å². The van der Waals surface area contributed by atoms with E-state index in [2.05, 4.69) is 24.1 Å². The monoisotopic (exact) mass is 277 g/mol. The predicted molar refractivity (Wildman–Crippen MR) is 72.6 cm³/mol. The van der Waals surface area contributed by atoms with Gasteiger partial charge in [0, 0.05) is 6.54 Å². The number of aliphatic hydroxyl groups is 1. The first kappa shape index (κ1) is 14.4. The Morgan fingerprint density at radius 2 is 2.06 bits per heavy atom. The third kappa shape index (κ3) is 4.58. The molecule has 6 heteroatoms. The Morgan fingerprint density at radius 1 is 1.41 bits per heavy atom. The Balaban J connectivity index is 2.60. The van der Waals surface area contributed by atoms with Gasteiger partial charge >= 0.3 is 0 Å². The quantitative estimate of drug-likeness (QED) is 0.774. The molecule has 1 aromatic rings. The second-order valence-electron chi connectivity index (χ2n) is 4.35. The van der Waals surface area contributed by atoms with Crippen molar-refractivity contribution in [2.45, 2.75) is 26.4 Å². The minimum atomic E-state index is -0.440. The van der Waals surface area contributed by atoms with Crippen LogP contribution < -0.4 is 11.1 Å². The number of halogens is 2. The molecule has 1 aromatic heterocycles. The zero-order chi connectivity index (χ0) is 13.0.